The monoisotopic (exact) mass is 79.0 g/mol. The van der Waals surface area contributed by atoms with Crippen molar-refractivity contribution in [1.82, 2.24) is 0 Å². The van der Waals surface area contributed by atoms with Crippen molar-refractivity contribution in [1.29, 1.82) is 0 Å². The summed E-state index contributed by atoms with van der Waals surface area (Å²) in [5, 5.41) is 0. The van der Waals surface area contributed by atoms with E-state index in [-0.39, 0.29) is 0 Å². The van der Waals surface area contributed by atoms with Crippen molar-refractivity contribution in [3.63, 3.8) is 0 Å². The fraction of sp³-hybridized carbons (Fsp3) is 1.00. The summed E-state index contributed by atoms with van der Waals surface area (Å²) < 4.78 is 9.26. The Morgan fingerprint density at radius 2 is 2.25 bits per heavy atom. The van der Waals surface area contributed by atoms with E-state index in [2.05, 4.69) is 0 Å². The van der Waals surface area contributed by atoms with Crippen LogP contribution in [0.5, 0.6) is 0 Å². The first-order valence-electron chi connectivity index (χ1n) is 1.05. The lowest BCUT2D eigenvalue weighted by Crippen LogP contribution is -1.84. The van der Waals surface area contributed by atoms with Crippen LogP contribution in [0.1, 0.15) is 0 Å². The quantitative estimate of drug-likeness (QED) is 0.437. The normalized spacial score (nSPS) is 10.2. The van der Waals surface area contributed by atoms with Crippen LogP contribution >= 0.6 is 8.46 Å². The Labute approximate surface area is 26.2 Å². The molecule has 0 radical (unpaired) electrons. The Kier molecular flexibility index (Phi) is 3.34. The van der Waals surface area contributed by atoms with Gasteiger partial charge in [-0.15, -0.1) is 0 Å². The van der Waals surface area contributed by atoms with Gasteiger partial charge >= 0.3 is 0 Å². The van der Waals surface area contributed by atoms with E-state index in [1.807, 2.05) is 0 Å². The minimum absolute atomic E-state index is 0.347. The van der Waals surface area contributed by atoms with Crippen LogP contribution in [-0.2, 0) is 4.57 Å². The summed E-state index contributed by atoms with van der Waals surface area (Å²) in [5.74, 6) is 0. The van der Waals surface area contributed by atoms with E-state index < -0.39 is 8.46 Å². The molecule has 0 aliphatic rings. The van der Waals surface area contributed by atoms with Gasteiger partial charge in [0.25, 0.3) is 0 Å². The van der Waals surface area contributed by atoms with Crippen LogP contribution in [0.25, 0.3) is 0 Å². The van der Waals surface area contributed by atoms with Gasteiger partial charge in [-0.25, -0.2) is 0 Å². The van der Waals surface area contributed by atoms with Crippen LogP contribution in [0.4, 0.5) is 0 Å². The molecule has 26 valence electrons. The minimum atomic E-state index is -0.690. The molecule has 0 rings (SSSR count). The summed E-state index contributed by atoms with van der Waals surface area (Å²) in [6.45, 7) is 0. The molecule has 3 heteroatoms. The largest absolute Gasteiger partial charge is 0.329 e. The van der Waals surface area contributed by atoms with E-state index in [9.17, 15) is 4.57 Å². The lowest BCUT2D eigenvalue weighted by Gasteiger charge is -1.57. The summed E-state index contributed by atoms with van der Waals surface area (Å²) in [5.41, 5.74) is 4.75. The maximum Gasteiger partial charge on any atom is 0.0774 e. The van der Waals surface area contributed by atoms with Gasteiger partial charge in [0.15, 0.2) is 0 Å². The van der Waals surface area contributed by atoms with E-state index in [4.69, 9.17) is 5.73 Å². The Balaban J connectivity index is 2.30. The standard InChI is InChI=1S/CH6NOP/c2-1-4-3/h1-2,4H2. The van der Waals surface area contributed by atoms with E-state index in [1.54, 1.807) is 0 Å². The van der Waals surface area contributed by atoms with Crippen LogP contribution < -0.4 is 5.73 Å². The lowest BCUT2D eigenvalue weighted by molar-refractivity contribution is 0.599. The third kappa shape index (κ3) is 2.19. The Morgan fingerprint density at radius 1 is 2.00 bits per heavy atom. The molecular formula is CH6NOP. The second-order valence-electron chi connectivity index (χ2n) is 0.402. The molecular weight excluding hydrogens is 73.0 g/mol. The highest BCUT2D eigenvalue weighted by Gasteiger charge is 1.48. The molecule has 4 heavy (non-hydrogen) atoms. The van der Waals surface area contributed by atoms with Crippen molar-refractivity contribution in [3.05, 3.63) is 0 Å². The smallest absolute Gasteiger partial charge is 0.0774 e. The maximum absolute atomic E-state index is 9.26. The highest BCUT2D eigenvalue weighted by molar-refractivity contribution is 7.23. The summed E-state index contributed by atoms with van der Waals surface area (Å²) >= 11 is 0. The van der Waals surface area contributed by atoms with Crippen molar-refractivity contribution in [3.8, 4) is 0 Å². The maximum atomic E-state index is 9.26. The van der Waals surface area contributed by atoms with Gasteiger partial charge in [-0.05, 0) is 0 Å². The summed E-state index contributed by atoms with van der Waals surface area (Å²) in [4.78, 5) is 0. The molecule has 0 spiro atoms. The van der Waals surface area contributed by atoms with Crippen molar-refractivity contribution < 1.29 is 4.57 Å². The molecule has 0 aliphatic heterocycles. The van der Waals surface area contributed by atoms with Crippen molar-refractivity contribution >= 4 is 8.46 Å². The first kappa shape index (κ1) is 4.19. The predicted octanol–water partition coefficient (Wildman–Crippen LogP) is -0.341. The molecule has 0 amide bonds. The Hall–Kier alpha value is 0.190. The van der Waals surface area contributed by atoms with Gasteiger partial charge in [-0.3, -0.25) is 0 Å². The second kappa shape index (κ2) is 3.19. The number of nitrogens with two attached hydrogens (primary N) is 1. The molecule has 0 heterocycles. The highest BCUT2D eigenvalue weighted by atomic mass is 31.1. The fourth-order valence-electron chi connectivity index (χ4n) is 0. The number of hydrogen-bond acceptors (Lipinski definition) is 2. The average Bonchev–Trinajstić information content (AvgIpc) is 1.37. The zero-order chi connectivity index (χ0) is 3.41. The molecule has 0 bridgehead atoms. The first-order valence-corrected chi connectivity index (χ1v) is 2.34. The molecule has 0 aromatic rings. The highest BCUT2D eigenvalue weighted by Crippen LogP contribution is 1.75. The predicted molar refractivity (Wildman–Crippen MR) is 19.5 cm³/mol. The second-order valence-corrected chi connectivity index (χ2v) is 1.21. The van der Waals surface area contributed by atoms with Gasteiger partial charge in [0.2, 0.25) is 0 Å². The van der Waals surface area contributed by atoms with Gasteiger partial charge in [0.05, 0.1) is 8.46 Å². The van der Waals surface area contributed by atoms with Gasteiger partial charge in [0.1, 0.15) is 0 Å². The third-order valence-electron chi connectivity index (χ3n) is 0.0962. The molecule has 0 aromatic carbocycles. The molecule has 0 fully saturated rings. The zero-order valence-corrected chi connectivity index (χ0v) is 3.42. The minimum Gasteiger partial charge on any atom is -0.329 e. The van der Waals surface area contributed by atoms with E-state index in [1.165, 1.54) is 0 Å². The number of hydrogen-bond donors (Lipinski definition) is 1. The molecule has 0 aromatic heterocycles. The van der Waals surface area contributed by atoms with Crippen molar-refractivity contribution in [2.75, 3.05) is 6.29 Å². The van der Waals surface area contributed by atoms with Crippen LogP contribution in [0.3, 0.4) is 0 Å². The molecule has 0 saturated heterocycles. The summed E-state index contributed by atoms with van der Waals surface area (Å²) in [6.07, 6.45) is 0.347. The van der Waals surface area contributed by atoms with E-state index in [0.717, 1.165) is 0 Å². The number of rotatable bonds is 1. The molecule has 2 N–H and O–H groups in total. The van der Waals surface area contributed by atoms with E-state index >= 15 is 0 Å². The van der Waals surface area contributed by atoms with Crippen molar-refractivity contribution in [2.24, 2.45) is 5.73 Å². The van der Waals surface area contributed by atoms with Gasteiger partial charge in [0, 0.05) is 6.29 Å². The topological polar surface area (TPSA) is 43.1 Å². The third-order valence-corrected chi connectivity index (χ3v) is 0.289. The fourth-order valence-corrected chi connectivity index (χ4v) is 0. The molecule has 1 unspecified atom stereocenters. The van der Waals surface area contributed by atoms with Gasteiger partial charge < -0.3 is 10.3 Å². The van der Waals surface area contributed by atoms with Gasteiger partial charge in [-0.1, -0.05) is 0 Å². The van der Waals surface area contributed by atoms with Gasteiger partial charge in [-0.2, -0.15) is 0 Å². The molecule has 0 saturated carbocycles. The van der Waals surface area contributed by atoms with Crippen LogP contribution in [0.15, 0.2) is 0 Å². The molecule has 2 nitrogen and oxygen atoms in total. The average molecular weight is 79.0 g/mol. The Bertz CT molecular complexity index is 22.0. The van der Waals surface area contributed by atoms with Crippen LogP contribution in [0.2, 0.25) is 0 Å². The van der Waals surface area contributed by atoms with Crippen molar-refractivity contribution in [2.45, 2.75) is 0 Å². The van der Waals surface area contributed by atoms with E-state index in [0.29, 0.717) is 6.29 Å². The zero-order valence-electron chi connectivity index (χ0n) is 2.27. The lowest BCUT2D eigenvalue weighted by atomic mass is 11.6. The summed E-state index contributed by atoms with van der Waals surface area (Å²) in [7, 11) is -0.690. The Morgan fingerprint density at radius 3 is 2.25 bits per heavy atom. The SMILES string of the molecule is NC[PH2]=O. The van der Waals surface area contributed by atoms with Crippen LogP contribution in [-0.4, -0.2) is 6.29 Å². The van der Waals surface area contributed by atoms with Crippen LogP contribution in [0, 0.1) is 0 Å². The first-order chi connectivity index (χ1) is 1.91. The molecule has 0 aliphatic carbocycles. The molecule has 1 atom stereocenters. The summed E-state index contributed by atoms with van der Waals surface area (Å²) in [6, 6.07) is 0.